The van der Waals surface area contributed by atoms with Crippen molar-refractivity contribution in [1.29, 1.82) is 0 Å². The molecule has 1 unspecified atom stereocenters. The van der Waals surface area contributed by atoms with Gasteiger partial charge in [0, 0.05) is 19.0 Å². The van der Waals surface area contributed by atoms with E-state index in [0.717, 1.165) is 5.56 Å². The lowest BCUT2D eigenvalue weighted by atomic mass is 9.99. The molecule has 1 aromatic rings. The molecule has 110 valence electrons. The van der Waals surface area contributed by atoms with Crippen molar-refractivity contribution in [2.24, 2.45) is 5.73 Å². The zero-order valence-electron chi connectivity index (χ0n) is 12.3. The van der Waals surface area contributed by atoms with Gasteiger partial charge in [-0.25, -0.2) is 0 Å². The van der Waals surface area contributed by atoms with Gasteiger partial charge in [-0.3, -0.25) is 4.79 Å². The Kier molecular flexibility index (Phi) is 4.78. The van der Waals surface area contributed by atoms with Gasteiger partial charge in [-0.15, -0.1) is 0 Å². The highest BCUT2D eigenvalue weighted by Gasteiger charge is 2.33. The molecule has 1 atom stereocenters. The maximum absolute atomic E-state index is 12.4. The van der Waals surface area contributed by atoms with Crippen molar-refractivity contribution in [3.63, 3.8) is 0 Å². The number of hydrogen-bond acceptors (Lipinski definition) is 3. The van der Waals surface area contributed by atoms with Gasteiger partial charge in [-0.2, -0.15) is 0 Å². The summed E-state index contributed by atoms with van der Waals surface area (Å²) in [6.45, 7) is 5.98. The zero-order chi connectivity index (χ0) is 14.6. The molecular formula is C16H24N2O2. The predicted octanol–water partition coefficient (Wildman–Crippen LogP) is 2.10. The fraction of sp³-hybridized carbons (Fsp3) is 0.562. The van der Waals surface area contributed by atoms with Gasteiger partial charge in [0.1, 0.15) is 0 Å². The van der Waals surface area contributed by atoms with Crippen molar-refractivity contribution in [1.82, 2.24) is 4.90 Å². The van der Waals surface area contributed by atoms with Crippen molar-refractivity contribution in [3.8, 4) is 0 Å². The van der Waals surface area contributed by atoms with Gasteiger partial charge in [0.05, 0.1) is 18.8 Å². The highest BCUT2D eigenvalue weighted by atomic mass is 16.5. The van der Waals surface area contributed by atoms with Crippen LogP contribution in [0.5, 0.6) is 0 Å². The second-order valence-electron chi connectivity index (χ2n) is 5.97. The van der Waals surface area contributed by atoms with Crippen LogP contribution in [0.4, 0.5) is 0 Å². The molecule has 2 rings (SSSR count). The number of amides is 1. The molecule has 20 heavy (non-hydrogen) atoms. The van der Waals surface area contributed by atoms with E-state index in [1.54, 1.807) is 0 Å². The Morgan fingerprint density at radius 3 is 2.75 bits per heavy atom. The van der Waals surface area contributed by atoms with Crippen LogP contribution in [0.1, 0.15) is 38.3 Å². The summed E-state index contributed by atoms with van der Waals surface area (Å²) >= 11 is 0. The topological polar surface area (TPSA) is 55.6 Å². The van der Waals surface area contributed by atoms with Crippen LogP contribution in [0.3, 0.4) is 0 Å². The van der Waals surface area contributed by atoms with E-state index in [0.29, 0.717) is 32.6 Å². The molecule has 0 bridgehead atoms. The number of ether oxygens (including phenoxy) is 1. The van der Waals surface area contributed by atoms with Crippen molar-refractivity contribution in [2.75, 3.05) is 19.8 Å². The van der Waals surface area contributed by atoms with Crippen molar-refractivity contribution in [2.45, 2.75) is 38.3 Å². The molecule has 0 saturated carbocycles. The molecule has 4 nitrogen and oxygen atoms in total. The minimum Gasteiger partial charge on any atom is -0.377 e. The van der Waals surface area contributed by atoms with Crippen LogP contribution in [0.15, 0.2) is 30.3 Å². The van der Waals surface area contributed by atoms with E-state index in [1.807, 2.05) is 49.1 Å². The van der Waals surface area contributed by atoms with E-state index in [4.69, 9.17) is 10.5 Å². The highest BCUT2D eigenvalue weighted by Crippen LogP contribution is 2.22. The van der Waals surface area contributed by atoms with Gasteiger partial charge >= 0.3 is 0 Å². The van der Waals surface area contributed by atoms with Crippen LogP contribution in [-0.2, 0) is 9.53 Å². The number of morpholine rings is 1. The second kappa shape index (κ2) is 6.37. The normalized spacial score (nSPS) is 19.6. The molecule has 1 fully saturated rings. The highest BCUT2D eigenvalue weighted by molar-refractivity contribution is 5.77. The van der Waals surface area contributed by atoms with Gasteiger partial charge in [0.25, 0.3) is 0 Å². The lowest BCUT2D eigenvalue weighted by Gasteiger charge is -2.42. The Bertz CT molecular complexity index is 445. The number of hydrogen-bond donors (Lipinski definition) is 1. The minimum atomic E-state index is -0.216. The summed E-state index contributed by atoms with van der Waals surface area (Å²) in [5, 5.41) is 0. The van der Waals surface area contributed by atoms with Gasteiger partial charge in [-0.05, 0) is 25.8 Å². The van der Waals surface area contributed by atoms with Gasteiger partial charge in [-0.1, -0.05) is 30.3 Å². The molecule has 0 aromatic heterocycles. The summed E-state index contributed by atoms with van der Waals surface area (Å²) in [4.78, 5) is 14.3. The Hall–Kier alpha value is -1.39. The molecular weight excluding hydrogens is 252 g/mol. The van der Waals surface area contributed by atoms with E-state index in [1.165, 1.54) is 0 Å². The fourth-order valence-corrected chi connectivity index (χ4v) is 2.60. The van der Waals surface area contributed by atoms with Crippen molar-refractivity contribution < 1.29 is 9.53 Å². The number of rotatable bonds is 4. The third-order valence-electron chi connectivity index (χ3n) is 3.84. The smallest absolute Gasteiger partial charge is 0.223 e. The average Bonchev–Trinajstić information content (AvgIpc) is 2.45. The minimum absolute atomic E-state index is 0.0793. The van der Waals surface area contributed by atoms with Crippen molar-refractivity contribution >= 4 is 5.91 Å². The Labute approximate surface area is 120 Å². The molecule has 0 aliphatic carbocycles. The largest absolute Gasteiger partial charge is 0.377 e. The Morgan fingerprint density at radius 1 is 1.40 bits per heavy atom. The number of nitrogens with two attached hydrogens (primary N) is 1. The molecule has 1 aromatic carbocycles. The number of nitrogens with zero attached hydrogens (tertiary/aromatic N) is 1. The van der Waals surface area contributed by atoms with Crippen molar-refractivity contribution in [3.05, 3.63) is 35.9 Å². The summed E-state index contributed by atoms with van der Waals surface area (Å²) in [5.74, 6) is 0.171. The molecule has 0 spiro atoms. The maximum atomic E-state index is 12.4. The molecule has 1 saturated heterocycles. The first-order valence-electron chi connectivity index (χ1n) is 7.19. The monoisotopic (exact) mass is 276 g/mol. The third-order valence-corrected chi connectivity index (χ3v) is 3.84. The quantitative estimate of drug-likeness (QED) is 0.916. The van der Waals surface area contributed by atoms with Crippen LogP contribution >= 0.6 is 0 Å². The van der Waals surface area contributed by atoms with E-state index in [-0.39, 0.29) is 17.5 Å². The molecule has 1 amide bonds. The Morgan fingerprint density at radius 2 is 2.10 bits per heavy atom. The second-order valence-corrected chi connectivity index (χ2v) is 5.97. The summed E-state index contributed by atoms with van der Waals surface area (Å²) in [5.41, 5.74) is 7.01. The van der Waals surface area contributed by atoms with Crippen LogP contribution in [0.2, 0.25) is 0 Å². The van der Waals surface area contributed by atoms with E-state index >= 15 is 0 Å². The standard InChI is InChI=1S/C16H24N2O2/c1-16(2)12-20-11-10-18(16)15(19)9-8-14(17)13-6-4-3-5-7-13/h3-7,14H,8-12,17H2,1-2H3. The van der Waals surface area contributed by atoms with Crippen LogP contribution < -0.4 is 5.73 Å². The lowest BCUT2D eigenvalue weighted by molar-refractivity contribution is -0.146. The SMILES string of the molecule is CC1(C)COCCN1C(=O)CCC(N)c1ccccc1. The third kappa shape index (κ3) is 3.58. The van der Waals surface area contributed by atoms with E-state index in [9.17, 15) is 4.79 Å². The van der Waals surface area contributed by atoms with Gasteiger partial charge < -0.3 is 15.4 Å². The van der Waals surface area contributed by atoms with Gasteiger partial charge in [0.2, 0.25) is 5.91 Å². The first-order valence-corrected chi connectivity index (χ1v) is 7.19. The first-order chi connectivity index (χ1) is 9.50. The summed E-state index contributed by atoms with van der Waals surface area (Å²) in [7, 11) is 0. The molecule has 1 aliphatic rings. The summed E-state index contributed by atoms with van der Waals surface area (Å²) in [6.07, 6.45) is 1.16. The molecule has 1 heterocycles. The lowest BCUT2D eigenvalue weighted by Crippen LogP contribution is -2.55. The molecule has 4 heteroatoms. The fourth-order valence-electron chi connectivity index (χ4n) is 2.60. The van der Waals surface area contributed by atoms with Gasteiger partial charge in [0.15, 0.2) is 0 Å². The number of carbonyl (C=O) groups is 1. The average molecular weight is 276 g/mol. The van der Waals surface area contributed by atoms with E-state index < -0.39 is 0 Å². The first kappa shape index (κ1) is 15.0. The molecule has 0 radical (unpaired) electrons. The maximum Gasteiger partial charge on any atom is 0.223 e. The van der Waals surface area contributed by atoms with Crippen LogP contribution in [-0.4, -0.2) is 36.1 Å². The number of benzene rings is 1. The zero-order valence-corrected chi connectivity index (χ0v) is 12.3. The summed E-state index contributed by atoms with van der Waals surface area (Å²) < 4.78 is 5.44. The van der Waals surface area contributed by atoms with Crippen LogP contribution in [0.25, 0.3) is 0 Å². The Balaban J connectivity index is 1.89. The summed E-state index contributed by atoms with van der Waals surface area (Å²) in [6, 6.07) is 9.85. The number of carbonyl (C=O) groups excluding carboxylic acids is 1. The molecule has 1 aliphatic heterocycles. The predicted molar refractivity (Wildman–Crippen MR) is 79.2 cm³/mol. The van der Waals surface area contributed by atoms with E-state index in [2.05, 4.69) is 0 Å². The molecule has 2 N–H and O–H groups in total. The van der Waals surface area contributed by atoms with Crippen LogP contribution in [0, 0.1) is 0 Å².